The lowest BCUT2D eigenvalue weighted by atomic mass is 10.2. The molecule has 5 nitrogen and oxygen atoms in total. The second kappa shape index (κ2) is 7.91. The van der Waals surface area contributed by atoms with E-state index in [4.69, 9.17) is 23.2 Å². The number of carbonyl (C=O) groups is 1. The first-order chi connectivity index (χ1) is 11.8. The lowest BCUT2D eigenvalue weighted by Crippen LogP contribution is -2.31. The Labute approximate surface area is 156 Å². The van der Waals surface area contributed by atoms with Crippen molar-refractivity contribution in [1.82, 2.24) is 0 Å². The number of sulfonamides is 1. The van der Waals surface area contributed by atoms with E-state index in [1.54, 1.807) is 0 Å². The first-order valence-corrected chi connectivity index (χ1v) is 9.28. The summed E-state index contributed by atoms with van der Waals surface area (Å²) in [7, 11) is -2.67. The maximum atomic E-state index is 13.0. The van der Waals surface area contributed by atoms with Crippen LogP contribution in [-0.4, -0.2) is 28.0 Å². The van der Waals surface area contributed by atoms with Crippen molar-refractivity contribution in [1.29, 1.82) is 0 Å². The average Bonchev–Trinajstić information content (AvgIpc) is 2.60. The Morgan fingerprint density at radius 3 is 2.40 bits per heavy atom. The lowest BCUT2D eigenvalue weighted by molar-refractivity contribution is 0.0601. The quantitative estimate of drug-likeness (QED) is 0.540. The van der Waals surface area contributed by atoms with E-state index in [1.807, 2.05) is 0 Å². The van der Waals surface area contributed by atoms with Gasteiger partial charge in [0.05, 0.1) is 34.8 Å². The number of carbonyl (C=O) groups excluding carboxylic acids is 1. The van der Waals surface area contributed by atoms with Crippen LogP contribution in [0.5, 0.6) is 0 Å². The summed E-state index contributed by atoms with van der Waals surface area (Å²) < 4.78 is 31.7. The molecule has 0 N–H and O–H groups in total. The van der Waals surface area contributed by atoms with Crippen LogP contribution in [0.25, 0.3) is 0 Å². The van der Waals surface area contributed by atoms with Gasteiger partial charge in [-0.3, -0.25) is 4.31 Å². The number of anilines is 1. The van der Waals surface area contributed by atoms with E-state index in [0.717, 1.165) is 4.31 Å². The minimum absolute atomic E-state index is 0.00715. The molecular formula is C17H15Cl2NO4S. The molecule has 0 saturated carbocycles. The number of ether oxygens (including phenoxy) is 1. The molecule has 8 heteroatoms. The van der Waals surface area contributed by atoms with E-state index in [-0.39, 0.29) is 27.7 Å². The first-order valence-electron chi connectivity index (χ1n) is 7.08. The Kier molecular flexibility index (Phi) is 6.11. The van der Waals surface area contributed by atoms with Gasteiger partial charge in [-0.2, -0.15) is 0 Å². The molecule has 0 saturated heterocycles. The fourth-order valence-electron chi connectivity index (χ4n) is 2.13. The predicted molar refractivity (Wildman–Crippen MR) is 99.0 cm³/mol. The SMILES string of the molecule is C=CCN(c1ccc(Cl)c(C(=O)OC)c1)S(=O)(=O)c1ccc(Cl)cc1. The first kappa shape index (κ1) is 19.3. The van der Waals surface area contributed by atoms with Gasteiger partial charge in [0, 0.05) is 5.02 Å². The molecule has 0 aromatic heterocycles. The summed E-state index contributed by atoms with van der Waals surface area (Å²) in [4.78, 5) is 11.9. The number of benzene rings is 2. The van der Waals surface area contributed by atoms with Crippen molar-refractivity contribution in [2.75, 3.05) is 18.0 Å². The predicted octanol–water partition coefficient (Wildman–Crippen LogP) is 4.16. The fraction of sp³-hybridized carbons (Fsp3) is 0.118. The number of halogens is 2. The molecule has 0 spiro atoms. The van der Waals surface area contributed by atoms with E-state index < -0.39 is 16.0 Å². The summed E-state index contributed by atoms with van der Waals surface area (Å²) in [6.45, 7) is 3.60. The van der Waals surface area contributed by atoms with Crippen LogP contribution in [0.1, 0.15) is 10.4 Å². The van der Waals surface area contributed by atoms with Crippen LogP contribution in [0.3, 0.4) is 0 Å². The second-order valence-electron chi connectivity index (χ2n) is 4.93. The highest BCUT2D eigenvalue weighted by Gasteiger charge is 2.25. The molecule has 0 amide bonds. The Hall–Kier alpha value is -2.02. The van der Waals surface area contributed by atoms with Gasteiger partial charge >= 0.3 is 5.97 Å². The summed E-state index contributed by atoms with van der Waals surface area (Å²) in [6.07, 6.45) is 1.44. The zero-order valence-electron chi connectivity index (χ0n) is 13.3. The van der Waals surface area contributed by atoms with Crippen molar-refractivity contribution in [2.24, 2.45) is 0 Å². The maximum Gasteiger partial charge on any atom is 0.339 e. The molecule has 25 heavy (non-hydrogen) atoms. The maximum absolute atomic E-state index is 13.0. The summed E-state index contributed by atoms with van der Waals surface area (Å²) in [5.41, 5.74) is 0.335. The molecule has 0 aliphatic carbocycles. The molecule has 0 bridgehead atoms. The summed E-state index contributed by atoms with van der Waals surface area (Å²) in [5, 5.41) is 0.590. The van der Waals surface area contributed by atoms with Crippen molar-refractivity contribution >= 4 is 44.9 Å². The molecule has 0 radical (unpaired) electrons. The number of nitrogens with zero attached hydrogens (tertiary/aromatic N) is 1. The smallest absolute Gasteiger partial charge is 0.339 e. The van der Waals surface area contributed by atoms with Crippen molar-refractivity contribution in [3.05, 3.63) is 70.7 Å². The number of hydrogen-bond acceptors (Lipinski definition) is 4. The van der Waals surface area contributed by atoms with E-state index >= 15 is 0 Å². The molecular weight excluding hydrogens is 385 g/mol. The zero-order valence-corrected chi connectivity index (χ0v) is 15.6. The van der Waals surface area contributed by atoms with Crippen LogP contribution >= 0.6 is 23.2 Å². The van der Waals surface area contributed by atoms with Gasteiger partial charge in [-0.25, -0.2) is 13.2 Å². The van der Waals surface area contributed by atoms with Crippen LogP contribution in [0.4, 0.5) is 5.69 Å². The molecule has 0 aliphatic rings. The molecule has 0 aliphatic heterocycles. The third-order valence-corrected chi connectivity index (χ3v) is 5.73. The van der Waals surface area contributed by atoms with Crippen molar-refractivity contribution in [2.45, 2.75) is 4.90 Å². The molecule has 0 atom stereocenters. The van der Waals surface area contributed by atoms with Gasteiger partial charge < -0.3 is 4.74 Å². The van der Waals surface area contributed by atoms with Gasteiger partial charge in [0.15, 0.2) is 0 Å². The Balaban J connectivity index is 2.56. The Morgan fingerprint density at radius 1 is 1.20 bits per heavy atom. The van der Waals surface area contributed by atoms with E-state index in [2.05, 4.69) is 11.3 Å². The van der Waals surface area contributed by atoms with Gasteiger partial charge in [0.1, 0.15) is 0 Å². The van der Waals surface area contributed by atoms with Crippen LogP contribution in [0.2, 0.25) is 10.0 Å². The minimum atomic E-state index is -3.89. The molecule has 132 valence electrons. The van der Waals surface area contributed by atoms with Crippen molar-refractivity contribution in [3.8, 4) is 0 Å². The molecule has 0 fully saturated rings. The minimum Gasteiger partial charge on any atom is -0.465 e. The van der Waals surface area contributed by atoms with E-state index in [0.29, 0.717) is 5.02 Å². The second-order valence-corrected chi connectivity index (χ2v) is 7.64. The highest BCUT2D eigenvalue weighted by molar-refractivity contribution is 7.92. The topological polar surface area (TPSA) is 63.7 Å². The lowest BCUT2D eigenvalue weighted by Gasteiger charge is -2.23. The van der Waals surface area contributed by atoms with Crippen LogP contribution < -0.4 is 4.31 Å². The summed E-state index contributed by atoms with van der Waals surface area (Å²) in [5.74, 6) is -0.658. The summed E-state index contributed by atoms with van der Waals surface area (Å²) in [6, 6.07) is 10.1. The van der Waals surface area contributed by atoms with E-state index in [9.17, 15) is 13.2 Å². The van der Waals surface area contributed by atoms with Crippen LogP contribution in [0, 0.1) is 0 Å². The van der Waals surface area contributed by atoms with Gasteiger partial charge in [0.25, 0.3) is 10.0 Å². The van der Waals surface area contributed by atoms with Crippen LogP contribution in [0.15, 0.2) is 60.0 Å². The zero-order chi connectivity index (χ0) is 18.6. The largest absolute Gasteiger partial charge is 0.465 e. The monoisotopic (exact) mass is 399 g/mol. The number of hydrogen-bond donors (Lipinski definition) is 0. The fourth-order valence-corrected chi connectivity index (χ4v) is 3.88. The number of esters is 1. The molecule has 2 aromatic rings. The Morgan fingerprint density at radius 2 is 1.84 bits per heavy atom. The highest BCUT2D eigenvalue weighted by atomic mass is 35.5. The molecule has 0 unspecified atom stereocenters. The Bertz CT molecular complexity index is 895. The van der Waals surface area contributed by atoms with Gasteiger partial charge in [0.2, 0.25) is 0 Å². The van der Waals surface area contributed by atoms with Gasteiger partial charge in [-0.05, 0) is 42.5 Å². The normalized spacial score (nSPS) is 11.0. The average molecular weight is 400 g/mol. The molecule has 2 aromatic carbocycles. The van der Waals surface area contributed by atoms with Gasteiger partial charge in [-0.1, -0.05) is 29.3 Å². The van der Waals surface area contributed by atoms with E-state index in [1.165, 1.54) is 55.7 Å². The van der Waals surface area contributed by atoms with Crippen LogP contribution in [-0.2, 0) is 14.8 Å². The molecule has 2 rings (SSSR count). The summed E-state index contributed by atoms with van der Waals surface area (Å²) >= 11 is 11.8. The third-order valence-electron chi connectivity index (χ3n) is 3.34. The standard InChI is InChI=1S/C17H15Cl2NO4S/c1-3-10-20(25(22,23)14-7-4-12(18)5-8-14)13-6-9-16(19)15(11-13)17(21)24-2/h3-9,11H,1,10H2,2H3. The highest BCUT2D eigenvalue weighted by Crippen LogP contribution is 2.28. The number of rotatable bonds is 6. The van der Waals surface area contributed by atoms with Crippen molar-refractivity contribution < 1.29 is 17.9 Å². The number of methoxy groups -OCH3 is 1. The third kappa shape index (κ3) is 4.15. The molecule has 0 heterocycles. The van der Waals surface area contributed by atoms with Crippen molar-refractivity contribution in [3.63, 3.8) is 0 Å². The van der Waals surface area contributed by atoms with Gasteiger partial charge in [-0.15, -0.1) is 6.58 Å².